The van der Waals surface area contributed by atoms with E-state index in [0.717, 1.165) is 46.9 Å². The highest BCUT2D eigenvalue weighted by atomic mass is 32.2. The van der Waals surface area contributed by atoms with Crippen LogP contribution < -0.4 is 22.1 Å². The number of carbonyl (C=O) groups is 4. The first-order valence-electron chi connectivity index (χ1n) is 17.2. The summed E-state index contributed by atoms with van der Waals surface area (Å²) in [6, 6.07) is 2.84. The highest BCUT2D eigenvalue weighted by Gasteiger charge is 2.32. The van der Waals surface area contributed by atoms with E-state index >= 15 is 0 Å². The summed E-state index contributed by atoms with van der Waals surface area (Å²) in [4.78, 5) is 64.4. The third kappa shape index (κ3) is 17.9. The summed E-state index contributed by atoms with van der Waals surface area (Å²) in [7, 11) is 2.95. The Labute approximate surface area is 312 Å². The van der Waals surface area contributed by atoms with Gasteiger partial charge in [0.15, 0.2) is 11.6 Å². The van der Waals surface area contributed by atoms with Crippen LogP contribution >= 0.6 is 23.5 Å². The van der Waals surface area contributed by atoms with Crippen molar-refractivity contribution in [1.82, 2.24) is 25.6 Å². The highest BCUT2D eigenvalue weighted by Crippen LogP contribution is 2.21. The molecule has 2 atom stereocenters. The number of thioether (sulfide) groups is 2. The molecule has 0 bridgehead atoms. The molecule has 13 nitrogen and oxygen atoms in total. The van der Waals surface area contributed by atoms with Gasteiger partial charge in [-0.25, -0.2) is 9.97 Å². The van der Waals surface area contributed by atoms with Crippen LogP contribution in [-0.2, 0) is 28.7 Å². The largest absolute Gasteiger partial charge is 0.369 e. The number of hydrogen-bond acceptors (Lipinski definition) is 13. The number of methoxy groups -OCH3 is 2. The van der Waals surface area contributed by atoms with E-state index in [-0.39, 0.29) is 29.1 Å². The highest BCUT2D eigenvalue weighted by molar-refractivity contribution is 8.00. The summed E-state index contributed by atoms with van der Waals surface area (Å²) in [5.41, 5.74) is 11.0. The molecule has 15 heteroatoms. The topological polar surface area (TPSA) is 202 Å². The molecule has 0 radical (unpaired) electrons. The number of ether oxygens (including phenoxy) is 2. The number of rotatable bonds is 22. The molecule has 51 heavy (non-hydrogen) atoms. The van der Waals surface area contributed by atoms with Crippen LogP contribution in [0.4, 0.5) is 0 Å². The third-order valence-corrected chi connectivity index (χ3v) is 9.94. The first kappa shape index (κ1) is 46.1. The number of hydrogen-bond donors (Lipinski definition) is 4. The molecule has 0 fully saturated rings. The van der Waals surface area contributed by atoms with Gasteiger partial charge in [-0.1, -0.05) is 0 Å². The lowest BCUT2D eigenvalue weighted by atomic mass is 10.0. The Morgan fingerprint density at radius 1 is 0.706 bits per heavy atom. The fraction of sp³-hybridized carbons (Fsp3) is 0.639. The van der Waals surface area contributed by atoms with Gasteiger partial charge < -0.3 is 31.6 Å². The van der Waals surface area contributed by atoms with E-state index in [0.29, 0.717) is 37.5 Å². The maximum atomic E-state index is 12.7. The number of carbonyl (C=O) groups excluding carboxylic acids is 4. The zero-order valence-corrected chi connectivity index (χ0v) is 33.4. The monoisotopic (exact) mass is 749 g/mol. The van der Waals surface area contributed by atoms with Gasteiger partial charge in [-0.3, -0.25) is 24.2 Å². The van der Waals surface area contributed by atoms with E-state index in [1.54, 1.807) is 47.0 Å². The Morgan fingerprint density at radius 3 is 1.47 bits per heavy atom. The van der Waals surface area contributed by atoms with Crippen molar-refractivity contribution in [3.8, 4) is 0 Å². The van der Waals surface area contributed by atoms with Crippen molar-refractivity contribution in [3.05, 3.63) is 41.7 Å². The number of aromatic nitrogens is 3. The molecule has 2 aromatic rings. The molecule has 0 aliphatic heterocycles. The molecule has 2 aromatic heterocycles. The number of ketones is 2. The second kappa shape index (κ2) is 23.6. The molecule has 0 spiro atoms. The van der Waals surface area contributed by atoms with Crippen LogP contribution in [0.5, 0.6) is 0 Å². The summed E-state index contributed by atoms with van der Waals surface area (Å²) in [5.74, 6) is 0.597. The van der Waals surface area contributed by atoms with Gasteiger partial charge in [-0.15, -0.1) is 23.5 Å². The lowest BCUT2D eigenvalue weighted by molar-refractivity contribution is -0.142. The summed E-state index contributed by atoms with van der Waals surface area (Å²) in [6.45, 7) is 13.5. The Hall–Kier alpha value is -2.95. The molecule has 2 rings (SSSR count). The maximum Gasteiger partial charge on any atom is 0.252 e. The number of amides is 2. The molecule has 2 heterocycles. The minimum Gasteiger partial charge on any atom is -0.369 e. The summed E-state index contributed by atoms with van der Waals surface area (Å²) in [6.07, 6.45) is 7.73. The van der Waals surface area contributed by atoms with Crippen molar-refractivity contribution in [2.45, 2.75) is 120 Å². The molecule has 2 unspecified atom stereocenters. The van der Waals surface area contributed by atoms with Crippen LogP contribution in [0.15, 0.2) is 34.3 Å². The number of nitrogens with zero attached hydrogens (tertiary/aromatic N) is 3. The van der Waals surface area contributed by atoms with Crippen LogP contribution in [0, 0.1) is 20.8 Å². The Kier molecular flexibility index (Phi) is 21.3. The molecule has 0 aliphatic rings. The van der Waals surface area contributed by atoms with Crippen molar-refractivity contribution in [2.24, 2.45) is 11.5 Å². The van der Waals surface area contributed by atoms with Crippen molar-refractivity contribution < 1.29 is 28.7 Å². The summed E-state index contributed by atoms with van der Waals surface area (Å²) in [5, 5.41) is 5.66. The van der Waals surface area contributed by atoms with Gasteiger partial charge in [-0.05, 0) is 112 Å². The van der Waals surface area contributed by atoms with Gasteiger partial charge in [0.2, 0.25) is 0 Å². The minimum absolute atomic E-state index is 0.000562. The van der Waals surface area contributed by atoms with Crippen molar-refractivity contribution >= 4 is 46.9 Å². The van der Waals surface area contributed by atoms with Crippen molar-refractivity contribution in [1.29, 1.82) is 0 Å². The average Bonchev–Trinajstić information content (AvgIpc) is 3.09. The fourth-order valence-electron chi connectivity index (χ4n) is 4.31. The summed E-state index contributed by atoms with van der Waals surface area (Å²) >= 11 is 2.83. The van der Waals surface area contributed by atoms with Gasteiger partial charge in [0.25, 0.3) is 11.8 Å². The second-order valence-corrected chi connectivity index (χ2v) is 15.2. The lowest BCUT2D eigenvalue weighted by Crippen LogP contribution is -2.50. The number of Topliss-reactive ketones (excluding diaryl/α,β-unsaturated/α-hetero) is 2. The predicted octanol–water partition coefficient (Wildman–Crippen LogP) is 3.88. The first-order valence-corrected chi connectivity index (χ1v) is 19.1. The second-order valence-electron chi connectivity index (χ2n) is 13.1. The number of unbranched alkanes of at least 4 members (excludes halogenated alkanes) is 2. The molecule has 6 N–H and O–H groups in total. The third-order valence-electron chi connectivity index (χ3n) is 7.97. The van der Waals surface area contributed by atoms with E-state index in [4.69, 9.17) is 20.9 Å². The molecule has 2 amide bonds. The van der Waals surface area contributed by atoms with E-state index in [2.05, 4.69) is 25.6 Å². The Bertz CT molecular complexity index is 1370. The molecule has 0 aromatic carbocycles. The van der Waals surface area contributed by atoms with Crippen molar-refractivity contribution in [2.75, 3.05) is 38.8 Å². The predicted molar refractivity (Wildman–Crippen MR) is 204 cm³/mol. The van der Waals surface area contributed by atoms with E-state index < -0.39 is 23.3 Å². The maximum absolute atomic E-state index is 12.7. The van der Waals surface area contributed by atoms with Crippen LogP contribution in [-0.4, -0.2) is 100 Å². The molecular weight excluding hydrogens is 691 g/mol. The Morgan fingerprint density at radius 2 is 1.10 bits per heavy atom. The molecule has 0 aliphatic carbocycles. The fourth-order valence-corrected chi connectivity index (χ4v) is 6.09. The minimum atomic E-state index is -0.982. The Balaban J connectivity index is 0.000000510. The van der Waals surface area contributed by atoms with Gasteiger partial charge in [-0.2, -0.15) is 0 Å². The standard InChI is InChI=1S/C19H31N3O3S.C17H28N4O3S/c1-13-10-15(11-14(2)21-13)26-12-17(23)16(8-6-7-9-20)22-18(24)19(3,4)25-5;1-12-19-9-13(10-20-12)25-11-15(22)14(7-5-6-8-18)21-16(23)17(2,3)24-4/h10-11,16H,6-9,12,20H2,1-5H3,(H,22,24);9-10,14H,5-8,11,18H2,1-4H3,(H,21,23). The smallest absolute Gasteiger partial charge is 0.252 e. The molecular formula is C36H59N7O6S2. The van der Waals surface area contributed by atoms with Gasteiger partial charge in [0, 0.05) is 47.8 Å². The van der Waals surface area contributed by atoms with E-state index in [9.17, 15) is 19.2 Å². The van der Waals surface area contributed by atoms with Gasteiger partial charge in [0.05, 0.1) is 23.6 Å². The van der Waals surface area contributed by atoms with Gasteiger partial charge >= 0.3 is 0 Å². The first-order chi connectivity index (χ1) is 24.0. The van der Waals surface area contributed by atoms with Crippen LogP contribution in [0.1, 0.15) is 83.4 Å². The van der Waals surface area contributed by atoms with Crippen LogP contribution in [0.2, 0.25) is 0 Å². The van der Waals surface area contributed by atoms with Gasteiger partial charge in [0.1, 0.15) is 17.0 Å². The molecule has 0 saturated heterocycles. The quantitative estimate of drug-likeness (QED) is 0.0999. The van der Waals surface area contributed by atoms with Crippen molar-refractivity contribution in [3.63, 3.8) is 0 Å². The molecule has 0 saturated carbocycles. The average molecular weight is 750 g/mol. The lowest BCUT2D eigenvalue weighted by Gasteiger charge is -2.25. The zero-order chi connectivity index (χ0) is 38.6. The number of nitrogens with one attached hydrogen (secondary N) is 2. The normalized spacial score (nSPS) is 12.7. The van der Waals surface area contributed by atoms with Crippen LogP contribution in [0.25, 0.3) is 0 Å². The number of pyridine rings is 1. The number of aryl methyl sites for hydroxylation is 3. The SMILES string of the molecule is COC(C)(C)C(=O)NC(CCCCN)C(=O)CSc1cc(C)nc(C)c1.COC(C)(C)C(=O)NC(CCCCN)C(=O)CSc1cnc(C)nc1. The van der Waals surface area contributed by atoms with E-state index in [1.165, 1.54) is 37.7 Å². The summed E-state index contributed by atoms with van der Waals surface area (Å²) < 4.78 is 10.4. The zero-order valence-electron chi connectivity index (χ0n) is 31.8. The van der Waals surface area contributed by atoms with Crippen LogP contribution in [0.3, 0.4) is 0 Å². The van der Waals surface area contributed by atoms with E-state index in [1.807, 2.05) is 26.0 Å². The number of nitrogens with two attached hydrogens (primary N) is 2. The molecule has 286 valence electrons.